The first kappa shape index (κ1) is 15.1. The Morgan fingerprint density at radius 2 is 2.00 bits per heavy atom. The molecule has 2 aromatic carbocycles. The second-order valence-electron chi connectivity index (χ2n) is 4.57. The highest BCUT2D eigenvalue weighted by atomic mass is 35.5. The van der Waals surface area contributed by atoms with Crippen LogP contribution in [0.5, 0.6) is 0 Å². The number of hydrazone groups is 1. The molecule has 0 radical (unpaired) electrons. The van der Waals surface area contributed by atoms with E-state index in [1.807, 2.05) is 43.3 Å². The van der Waals surface area contributed by atoms with Gasteiger partial charge in [0.1, 0.15) is 0 Å². The van der Waals surface area contributed by atoms with E-state index in [1.165, 1.54) is 0 Å². The van der Waals surface area contributed by atoms with Crippen LogP contribution in [0.4, 0.5) is 5.69 Å². The number of anilines is 1. The van der Waals surface area contributed by atoms with Crippen molar-refractivity contribution in [2.24, 2.45) is 5.10 Å². The van der Waals surface area contributed by atoms with Crippen molar-refractivity contribution in [3.05, 3.63) is 64.7 Å². The molecule has 2 aromatic rings. The van der Waals surface area contributed by atoms with Gasteiger partial charge in [-0.25, -0.2) is 5.43 Å². The summed E-state index contributed by atoms with van der Waals surface area (Å²) in [6.45, 7) is 2.17. The molecule has 0 fully saturated rings. The van der Waals surface area contributed by atoms with E-state index < -0.39 is 0 Å². The summed E-state index contributed by atoms with van der Waals surface area (Å²) in [5, 5.41) is 7.60. The second kappa shape index (κ2) is 7.45. The third kappa shape index (κ3) is 5.28. The number of nitrogens with one attached hydrogen (secondary N) is 2. The average Bonchev–Trinajstić information content (AvgIpc) is 2.47. The maximum absolute atomic E-state index is 11.6. The van der Waals surface area contributed by atoms with Gasteiger partial charge in [0.25, 0.3) is 5.91 Å². The molecule has 0 atom stereocenters. The van der Waals surface area contributed by atoms with Gasteiger partial charge in [0.05, 0.1) is 12.8 Å². The molecule has 108 valence electrons. The molecule has 0 spiro atoms. The number of benzene rings is 2. The Labute approximate surface area is 128 Å². The first-order valence-corrected chi connectivity index (χ1v) is 6.89. The highest BCUT2D eigenvalue weighted by Gasteiger charge is 1.99. The lowest BCUT2D eigenvalue weighted by atomic mass is 10.2. The number of hydrogen-bond donors (Lipinski definition) is 2. The van der Waals surface area contributed by atoms with Crippen LogP contribution in [0.1, 0.15) is 11.1 Å². The van der Waals surface area contributed by atoms with Crippen molar-refractivity contribution in [3.63, 3.8) is 0 Å². The maximum atomic E-state index is 11.6. The number of hydrogen-bond acceptors (Lipinski definition) is 3. The van der Waals surface area contributed by atoms with Crippen molar-refractivity contribution in [2.75, 3.05) is 11.9 Å². The van der Waals surface area contributed by atoms with Gasteiger partial charge >= 0.3 is 0 Å². The molecular formula is C16H16ClN3O. The molecule has 0 unspecified atom stereocenters. The number of carbonyl (C=O) groups is 1. The van der Waals surface area contributed by atoms with Gasteiger partial charge in [0, 0.05) is 10.7 Å². The van der Waals surface area contributed by atoms with Crippen LogP contribution in [-0.2, 0) is 4.79 Å². The standard InChI is InChI=1S/C16H16ClN3O/c1-12-3-2-4-15(9-12)18-11-16(21)20-19-10-13-5-7-14(17)8-6-13/h2-10,18H,11H2,1H3,(H,20,21)/b19-10+. The van der Waals surface area contributed by atoms with Gasteiger partial charge in [-0.3, -0.25) is 4.79 Å². The number of aryl methyl sites for hydroxylation is 1. The lowest BCUT2D eigenvalue weighted by Gasteiger charge is -2.05. The Hall–Kier alpha value is -2.33. The molecule has 5 heteroatoms. The summed E-state index contributed by atoms with van der Waals surface area (Å²) >= 11 is 5.78. The summed E-state index contributed by atoms with van der Waals surface area (Å²) in [5.41, 5.74) is 5.38. The van der Waals surface area contributed by atoms with Crippen molar-refractivity contribution in [3.8, 4) is 0 Å². The summed E-state index contributed by atoms with van der Waals surface area (Å²) in [7, 11) is 0. The molecule has 1 amide bonds. The summed E-state index contributed by atoms with van der Waals surface area (Å²) in [4.78, 5) is 11.6. The SMILES string of the molecule is Cc1cccc(NCC(=O)N/N=C/c2ccc(Cl)cc2)c1. The number of carbonyl (C=O) groups excluding carboxylic acids is 1. The van der Waals surface area contributed by atoms with Crippen LogP contribution >= 0.6 is 11.6 Å². The van der Waals surface area contributed by atoms with E-state index in [9.17, 15) is 4.79 Å². The molecule has 4 nitrogen and oxygen atoms in total. The molecule has 0 aliphatic carbocycles. The predicted molar refractivity (Wildman–Crippen MR) is 86.9 cm³/mol. The van der Waals surface area contributed by atoms with Gasteiger partial charge in [-0.2, -0.15) is 5.10 Å². The molecule has 21 heavy (non-hydrogen) atoms. The van der Waals surface area contributed by atoms with Gasteiger partial charge < -0.3 is 5.32 Å². The van der Waals surface area contributed by atoms with E-state index in [2.05, 4.69) is 15.8 Å². The Kier molecular flexibility index (Phi) is 5.35. The topological polar surface area (TPSA) is 53.5 Å². The van der Waals surface area contributed by atoms with Crippen LogP contribution in [0.2, 0.25) is 5.02 Å². The molecule has 0 aromatic heterocycles. The lowest BCUT2D eigenvalue weighted by molar-refractivity contribution is -0.119. The lowest BCUT2D eigenvalue weighted by Crippen LogP contribution is -2.25. The normalized spacial score (nSPS) is 10.6. The molecule has 0 saturated carbocycles. The Balaban J connectivity index is 1.78. The van der Waals surface area contributed by atoms with E-state index >= 15 is 0 Å². The molecule has 0 heterocycles. The zero-order chi connectivity index (χ0) is 15.1. The van der Waals surface area contributed by atoms with E-state index in [4.69, 9.17) is 11.6 Å². The smallest absolute Gasteiger partial charge is 0.259 e. The Morgan fingerprint density at radius 3 is 2.71 bits per heavy atom. The van der Waals surface area contributed by atoms with Gasteiger partial charge in [-0.1, -0.05) is 35.9 Å². The minimum Gasteiger partial charge on any atom is -0.376 e. The fraction of sp³-hybridized carbons (Fsp3) is 0.125. The average molecular weight is 302 g/mol. The first-order chi connectivity index (χ1) is 10.1. The van der Waals surface area contributed by atoms with Gasteiger partial charge in [0.2, 0.25) is 0 Å². The van der Waals surface area contributed by atoms with E-state index in [0.717, 1.165) is 16.8 Å². The minimum atomic E-state index is -0.207. The third-order valence-electron chi connectivity index (χ3n) is 2.74. The number of nitrogens with zero attached hydrogens (tertiary/aromatic N) is 1. The van der Waals surface area contributed by atoms with Crippen LogP contribution < -0.4 is 10.7 Å². The zero-order valence-electron chi connectivity index (χ0n) is 11.6. The zero-order valence-corrected chi connectivity index (χ0v) is 12.4. The quantitative estimate of drug-likeness (QED) is 0.658. The largest absolute Gasteiger partial charge is 0.376 e. The summed E-state index contributed by atoms with van der Waals surface area (Å²) < 4.78 is 0. The predicted octanol–water partition coefficient (Wildman–Crippen LogP) is 3.21. The monoisotopic (exact) mass is 301 g/mol. The number of halogens is 1. The Morgan fingerprint density at radius 1 is 1.24 bits per heavy atom. The minimum absolute atomic E-state index is 0.168. The summed E-state index contributed by atoms with van der Waals surface area (Å²) in [6.07, 6.45) is 1.57. The summed E-state index contributed by atoms with van der Waals surface area (Å²) in [6, 6.07) is 15.0. The highest BCUT2D eigenvalue weighted by molar-refractivity contribution is 6.30. The summed E-state index contributed by atoms with van der Waals surface area (Å²) in [5.74, 6) is -0.207. The van der Waals surface area contributed by atoms with Crippen molar-refractivity contribution >= 4 is 29.4 Å². The van der Waals surface area contributed by atoms with E-state index in [-0.39, 0.29) is 12.5 Å². The van der Waals surface area contributed by atoms with Crippen molar-refractivity contribution in [2.45, 2.75) is 6.92 Å². The molecule has 2 rings (SSSR count). The first-order valence-electron chi connectivity index (χ1n) is 6.51. The van der Waals surface area contributed by atoms with E-state index in [0.29, 0.717) is 5.02 Å². The fourth-order valence-electron chi connectivity index (χ4n) is 1.70. The van der Waals surface area contributed by atoms with Crippen LogP contribution in [-0.4, -0.2) is 18.7 Å². The number of amides is 1. The molecule has 0 bridgehead atoms. The van der Waals surface area contributed by atoms with Crippen LogP contribution in [0, 0.1) is 6.92 Å². The maximum Gasteiger partial charge on any atom is 0.259 e. The molecule has 2 N–H and O–H groups in total. The Bertz CT molecular complexity index is 638. The second-order valence-corrected chi connectivity index (χ2v) is 5.00. The molecule has 0 aliphatic rings. The fourth-order valence-corrected chi connectivity index (χ4v) is 1.83. The molecular weight excluding hydrogens is 286 g/mol. The molecule has 0 saturated heterocycles. The molecule has 0 aliphatic heterocycles. The highest BCUT2D eigenvalue weighted by Crippen LogP contribution is 2.09. The van der Waals surface area contributed by atoms with Crippen LogP contribution in [0.3, 0.4) is 0 Å². The van der Waals surface area contributed by atoms with Gasteiger partial charge in [0.15, 0.2) is 0 Å². The van der Waals surface area contributed by atoms with Crippen molar-refractivity contribution in [1.29, 1.82) is 0 Å². The van der Waals surface area contributed by atoms with E-state index in [1.54, 1.807) is 18.3 Å². The van der Waals surface area contributed by atoms with Crippen molar-refractivity contribution in [1.82, 2.24) is 5.43 Å². The van der Waals surface area contributed by atoms with Crippen LogP contribution in [0.25, 0.3) is 0 Å². The van der Waals surface area contributed by atoms with Gasteiger partial charge in [-0.05, 0) is 42.3 Å². The number of rotatable bonds is 5. The van der Waals surface area contributed by atoms with Crippen LogP contribution in [0.15, 0.2) is 53.6 Å². The van der Waals surface area contributed by atoms with Crippen molar-refractivity contribution < 1.29 is 4.79 Å². The third-order valence-corrected chi connectivity index (χ3v) is 3.00. The van der Waals surface area contributed by atoms with Gasteiger partial charge in [-0.15, -0.1) is 0 Å².